The van der Waals surface area contributed by atoms with Gasteiger partial charge in [-0.1, -0.05) is 0 Å². The van der Waals surface area contributed by atoms with E-state index < -0.39 is 0 Å². The van der Waals surface area contributed by atoms with Gasteiger partial charge in [-0.05, 0) is 40.4 Å². The van der Waals surface area contributed by atoms with Crippen LogP contribution in [0.15, 0.2) is 0 Å². The number of hydrogen-bond acceptors (Lipinski definition) is 1. The zero-order valence-corrected chi connectivity index (χ0v) is 6.65. The van der Waals surface area contributed by atoms with Crippen molar-refractivity contribution in [3.63, 3.8) is 0 Å². The summed E-state index contributed by atoms with van der Waals surface area (Å²) in [7, 11) is 4.13. The average Bonchev–Trinajstić information content (AvgIpc) is 1.63. The van der Waals surface area contributed by atoms with Gasteiger partial charge < -0.3 is 4.90 Å². The van der Waals surface area contributed by atoms with Gasteiger partial charge in [0.05, 0.1) is 0 Å². The van der Waals surface area contributed by atoms with E-state index in [4.69, 9.17) is 5.73 Å². The van der Waals surface area contributed by atoms with Crippen LogP contribution in [0.3, 0.4) is 0 Å². The SMILES string of the molecule is CC([NH])CCCN(C)C. The van der Waals surface area contributed by atoms with Crippen molar-refractivity contribution in [2.45, 2.75) is 25.8 Å². The molecule has 0 amide bonds. The first-order chi connectivity index (χ1) is 4.13. The molecule has 1 radical (unpaired) electrons. The van der Waals surface area contributed by atoms with Crippen molar-refractivity contribution in [1.82, 2.24) is 10.6 Å². The lowest BCUT2D eigenvalue weighted by atomic mass is 10.2. The highest BCUT2D eigenvalue weighted by Gasteiger charge is 1.94. The first kappa shape index (κ1) is 8.92. The minimum absolute atomic E-state index is 0.116. The largest absolute Gasteiger partial charge is 0.309 e. The lowest BCUT2D eigenvalue weighted by Crippen LogP contribution is -2.15. The first-order valence-corrected chi connectivity index (χ1v) is 3.48. The van der Waals surface area contributed by atoms with Crippen LogP contribution in [-0.4, -0.2) is 31.6 Å². The minimum atomic E-state index is 0.116. The molecule has 0 spiro atoms. The van der Waals surface area contributed by atoms with E-state index in [9.17, 15) is 0 Å². The Bertz CT molecular complexity index is 51.9. The molecule has 0 rings (SSSR count). The highest BCUT2D eigenvalue weighted by atomic mass is 15.0. The van der Waals surface area contributed by atoms with Crippen molar-refractivity contribution in [3.8, 4) is 0 Å². The Morgan fingerprint density at radius 1 is 1.44 bits per heavy atom. The van der Waals surface area contributed by atoms with Gasteiger partial charge in [-0.15, -0.1) is 0 Å². The molecule has 0 aliphatic carbocycles. The third-order valence-electron chi connectivity index (χ3n) is 1.24. The fourth-order valence-electron chi connectivity index (χ4n) is 0.714. The molecule has 0 aliphatic heterocycles. The smallest absolute Gasteiger partial charge is 0.0185 e. The molecule has 0 aromatic rings. The summed E-state index contributed by atoms with van der Waals surface area (Å²) >= 11 is 0. The average molecular weight is 129 g/mol. The van der Waals surface area contributed by atoms with Crippen molar-refractivity contribution >= 4 is 0 Å². The third-order valence-corrected chi connectivity index (χ3v) is 1.24. The molecule has 2 heteroatoms. The van der Waals surface area contributed by atoms with Crippen molar-refractivity contribution in [3.05, 3.63) is 0 Å². The molecule has 9 heavy (non-hydrogen) atoms. The molecule has 1 N–H and O–H groups in total. The van der Waals surface area contributed by atoms with Crippen molar-refractivity contribution in [1.29, 1.82) is 0 Å². The monoisotopic (exact) mass is 129 g/mol. The minimum Gasteiger partial charge on any atom is -0.309 e. The molecule has 0 saturated heterocycles. The van der Waals surface area contributed by atoms with Gasteiger partial charge in [0.2, 0.25) is 0 Å². The summed E-state index contributed by atoms with van der Waals surface area (Å²) in [6.45, 7) is 3.05. The second kappa shape index (κ2) is 4.77. The van der Waals surface area contributed by atoms with Crippen LogP contribution in [0.4, 0.5) is 0 Å². The Morgan fingerprint density at radius 2 is 2.00 bits per heavy atom. The molecule has 2 nitrogen and oxygen atoms in total. The standard InChI is InChI=1S/C7H17N2/c1-7(8)5-4-6-9(2)3/h7-8H,4-6H2,1-3H3. The van der Waals surface area contributed by atoms with E-state index in [0.29, 0.717) is 0 Å². The molecule has 0 saturated carbocycles. The first-order valence-electron chi connectivity index (χ1n) is 3.48. The van der Waals surface area contributed by atoms with E-state index in [1.807, 2.05) is 6.92 Å². The number of nitrogens with zero attached hydrogens (tertiary/aromatic N) is 1. The quantitative estimate of drug-likeness (QED) is 0.556. The Labute approximate surface area is 58.0 Å². The van der Waals surface area contributed by atoms with Gasteiger partial charge >= 0.3 is 0 Å². The molecule has 0 fully saturated rings. The Kier molecular flexibility index (Phi) is 4.72. The van der Waals surface area contributed by atoms with Gasteiger partial charge in [0.15, 0.2) is 0 Å². The summed E-state index contributed by atoms with van der Waals surface area (Å²) in [5.74, 6) is 0. The number of nitrogens with one attached hydrogen (secondary N) is 1. The summed E-state index contributed by atoms with van der Waals surface area (Å²) in [6.07, 6.45) is 2.18. The van der Waals surface area contributed by atoms with Crippen LogP contribution in [0.25, 0.3) is 0 Å². The lowest BCUT2D eigenvalue weighted by molar-refractivity contribution is 0.386. The van der Waals surface area contributed by atoms with Crippen LogP contribution < -0.4 is 5.73 Å². The van der Waals surface area contributed by atoms with Crippen LogP contribution in [-0.2, 0) is 0 Å². The molecular weight excluding hydrogens is 112 g/mol. The number of hydrogen-bond donors (Lipinski definition) is 0. The molecule has 0 aromatic carbocycles. The zero-order valence-electron chi connectivity index (χ0n) is 6.65. The molecule has 55 valence electrons. The van der Waals surface area contributed by atoms with E-state index >= 15 is 0 Å². The van der Waals surface area contributed by atoms with E-state index in [-0.39, 0.29) is 6.04 Å². The van der Waals surface area contributed by atoms with E-state index in [2.05, 4.69) is 19.0 Å². The van der Waals surface area contributed by atoms with Gasteiger partial charge in [-0.25, -0.2) is 0 Å². The maximum atomic E-state index is 7.20. The second-order valence-corrected chi connectivity index (χ2v) is 2.85. The molecule has 0 heterocycles. The third kappa shape index (κ3) is 7.92. The number of rotatable bonds is 4. The summed E-state index contributed by atoms with van der Waals surface area (Å²) < 4.78 is 0. The summed E-state index contributed by atoms with van der Waals surface area (Å²) in [5, 5.41) is 0. The second-order valence-electron chi connectivity index (χ2n) is 2.85. The van der Waals surface area contributed by atoms with Gasteiger partial charge in [0.1, 0.15) is 0 Å². The summed E-state index contributed by atoms with van der Waals surface area (Å²) in [5.41, 5.74) is 7.20. The lowest BCUT2D eigenvalue weighted by Gasteiger charge is -2.09. The molecule has 0 aromatic heterocycles. The molecule has 0 bridgehead atoms. The highest BCUT2D eigenvalue weighted by Crippen LogP contribution is 1.94. The zero-order chi connectivity index (χ0) is 7.28. The summed E-state index contributed by atoms with van der Waals surface area (Å²) in [4.78, 5) is 2.16. The van der Waals surface area contributed by atoms with Crippen molar-refractivity contribution in [2.24, 2.45) is 0 Å². The topological polar surface area (TPSA) is 27.0 Å². The van der Waals surface area contributed by atoms with Crippen LogP contribution in [0.2, 0.25) is 0 Å². The van der Waals surface area contributed by atoms with Crippen LogP contribution in [0.1, 0.15) is 19.8 Å². The van der Waals surface area contributed by atoms with Gasteiger partial charge in [-0.3, -0.25) is 5.73 Å². The van der Waals surface area contributed by atoms with Crippen LogP contribution >= 0.6 is 0 Å². The molecule has 0 aliphatic rings. The van der Waals surface area contributed by atoms with Gasteiger partial charge in [-0.2, -0.15) is 0 Å². The molecule has 1 atom stereocenters. The molecular formula is C7H17N2. The van der Waals surface area contributed by atoms with Gasteiger partial charge in [0, 0.05) is 6.04 Å². The fraction of sp³-hybridized carbons (Fsp3) is 1.00. The van der Waals surface area contributed by atoms with E-state index in [1.165, 1.54) is 0 Å². The Hall–Kier alpha value is -0.0800. The van der Waals surface area contributed by atoms with E-state index in [1.54, 1.807) is 0 Å². The Morgan fingerprint density at radius 3 is 2.33 bits per heavy atom. The van der Waals surface area contributed by atoms with Crippen LogP contribution in [0, 0.1) is 0 Å². The molecule has 1 unspecified atom stereocenters. The van der Waals surface area contributed by atoms with Crippen molar-refractivity contribution < 1.29 is 0 Å². The van der Waals surface area contributed by atoms with Crippen LogP contribution in [0.5, 0.6) is 0 Å². The normalized spacial score (nSPS) is 14.3. The van der Waals surface area contributed by atoms with Crippen molar-refractivity contribution in [2.75, 3.05) is 20.6 Å². The predicted molar refractivity (Wildman–Crippen MR) is 40.3 cm³/mol. The van der Waals surface area contributed by atoms with Gasteiger partial charge in [0.25, 0.3) is 0 Å². The maximum absolute atomic E-state index is 7.20. The Balaban J connectivity index is 2.91. The fourth-order valence-corrected chi connectivity index (χ4v) is 0.714. The summed E-state index contributed by atoms with van der Waals surface area (Å²) in [6, 6.07) is 0.116. The van der Waals surface area contributed by atoms with E-state index in [0.717, 1.165) is 19.4 Å². The maximum Gasteiger partial charge on any atom is 0.0185 e. The predicted octanol–water partition coefficient (Wildman–Crippen LogP) is 1.000. The highest BCUT2D eigenvalue weighted by molar-refractivity contribution is 4.53.